The van der Waals surface area contributed by atoms with Crippen LogP contribution in [0.3, 0.4) is 0 Å². The molecule has 0 bridgehead atoms. The number of ether oxygens (including phenoxy) is 1. The second kappa shape index (κ2) is 10.7. The zero-order valence-corrected chi connectivity index (χ0v) is 19.0. The first-order valence-electron chi connectivity index (χ1n) is 9.94. The van der Waals surface area contributed by atoms with Crippen LogP contribution in [0.1, 0.15) is 29.9 Å². The van der Waals surface area contributed by atoms with Crippen molar-refractivity contribution in [3.8, 4) is 5.75 Å². The van der Waals surface area contributed by atoms with Crippen LogP contribution in [0.25, 0.3) is 0 Å². The van der Waals surface area contributed by atoms with E-state index in [1.165, 1.54) is 4.68 Å². The van der Waals surface area contributed by atoms with Gasteiger partial charge in [0.15, 0.2) is 6.29 Å². The van der Waals surface area contributed by atoms with E-state index in [9.17, 15) is 9.59 Å². The number of carbonyl (C=O) groups is 2. The van der Waals surface area contributed by atoms with Crippen molar-refractivity contribution in [2.45, 2.75) is 27.0 Å². The number of carbonyl (C=O) groups excluding carboxylic acids is 2. The molecule has 0 unspecified atom stereocenters. The van der Waals surface area contributed by atoms with Crippen LogP contribution >= 0.6 is 15.9 Å². The van der Waals surface area contributed by atoms with E-state index in [0.717, 1.165) is 29.5 Å². The molecular weight excluding hydrogens is 462 g/mol. The van der Waals surface area contributed by atoms with Crippen LogP contribution in [0.4, 0.5) is 11.4 Å². The quantitative estimate of drug-likeness (QED) is 0.437. The third-order valence-electron chi connectivity index (χ3n) is 4.67. The smallest absolute Gasteiger partial charge is 0.246 e. The molecule has 0 aliphatic heterocycles. The normalized spacial score (nSPS) is 10.5. The van der Waals surface area contributed by atoms with Gasteiger partial charge >= 0.3 is 0 Å². The maximum atomic E-state index is 12.3. The summed E-state index contributed by atoms with van der Waals surface area (Å²) in [6, 6.07) is 12.9. The molecule has 0 saturated carbocycles. The number of aldehydes is 1. The number of benzene rings is 2. The lowest BCUT2D eigenvalue weighted by atomic mass is 10.2. The molecule has 1 N–H and O–H groups in total. The molecule has 3 rings (SSSR count). The molecular formula is C22H24BrN5O3. The molecule has 0 fully saturated rings. The summed E-state index contributed by atoms with van der Waals surface area (Å²) in [5.41, 5.74) is 2.69. The Balaban J connectivity index is 1.62. The molecule has 0 spiro atoms. The highest BCUT2D eigenvalue weighted by Crippen LogP contribution is 2.25. The second-order valence-electron chi connectivity index (χ2n) is 6.74. The van der Waals surface area contributed by atoms with Crippen molar-refractivity contribution in [3.05, 3.63) is 64.4 Å². The summed E-state index contributed by atoms with van der Waals surface area (Å²) in [6.07, 6.45) is 2.42. The number of anilines is 2. The zero-order chi connectivity index (χ0) is 22.2. The molecule has 0 aliphatic carbocycles. The minimum absolute atomic E-state index is 0.0192. The number of hydrogen-bond donors (Lipinski definition) is 1. The monoisotopic (exact) mass is 485 g/mol. The van der Waals surface area contributed by atoms with E-state index >= 15 is 0 Å². The number of rotatable bonds is 10. The lowest BCUT2D eigenvalue weighted by Crippen LogP contribution is -2.21. The molecule has 3 aromatic rings. The van der Waals surface area contributed by atoms with Gasteiger partial charge in [0.05, 0.1) is 17.4 Å². The average molecular weight is 486 g/mol. The zero-order valence-electron chi connectivity index (χ0n) is 17.4. The van der Waals surface area contributed by atoms with E-state index in [1.54, 1.807) is 18.3 Å². The van der Waals surface area contributed by atoms with Crippen LogP contribution in [0.15, 0.2) is 53.1 Å². The fourth-order valence-electron chi connectivity index (χ4n) is 3.06. The Morgan fingerprint density at radius 1 is 1.23 bits per heavy atom. The molecule has 0 radical (unpaired) electrons. The molecule has 8 nitrogen and oxygen atoms in total. The summed E-state index contributed by atoms with van der Waals surface area (Å²) < 4.78 is 8.09. The first kappa shape index (κ1) is 22.5. The Morgan fingerprint density at radius 2 is 2.00 bits per heavy atom. The summed E-state index contributed by atoms with van der Waals surface area (Å²) in [7, 11) is 0. The molecule has 0 saturated heterocycles. The summed E-state index contributed by atoms with van der Waals surface area (Å²) in [6.45, 7) is 6.00. The molecule has 9 heteroatoms. The summed E-state index contributed by atoms with van der Waals surface area (Å²) >= 11 is 3.40. The molecule has 0 atom stereocenters. The van der Waals surface area contributed by atoms with Crippen LogP contribution in [0.5, 0.6) is 5.75 Å². The average Bonchev–Trinajstić information content (AvgIpc) is 3.22. The standard InChI is InChI=1S/C22H24BrN5O3/c1-3-27(4-2)18-10-9-16(14-29)21(11-18)31-15-17-12-28(26-25-17)13-22(30)24-20-8-6-5-7-19(20)23/h5-12,14H,3-4,13,15H2,1-2H3,(H,24,30). The number of halogens is 1. The van der Waals surface area contributed by atoms with E-state index < -0.39 is 0 Å². The van der Waals surface area contributed by atoms with E-state index in [2.05, 4.69) is 50.3 Å². The van der Waals surface area contributed by atoms with Gasteiger partial charge in [-0.25, -0.2) is 4.68 Å². The van der Waals surface area contributed by atoms with Crippen LogP contribution < -0.4 is 15.0 Å². The summed E-state index contributed by atoms with van der Waals surface area (Å²) in [4.78, 5) is 25.8. The molecule has 31 heavy (non-hydrogen) atoms. The number of aromatic nitrogens is 3. The maximum absolute atomic E-state index is 12.3. The Morgan fingerprint density at radius 3 is 2.71 bits per heavy atom. The molecule has 1 heterocycles. The van der Waals surface area contributed by atoms with Crippen LogP contribution in [0, 0.1) is 0 Å². The van der Waals surface area contributed by atoms with Crippen molar-refractivity contribution < 1.29 is 14.3 Å². The van der Waals surface area contributed by atoms with Gasteiger partial charge < -0.3 is 15.0 Å². The minimum Gasteiger partial charge on any atom is -0.486 e. The second-order valence-corrected chi connectivity index (χ2v) is 7.59. The molecule has 1 aromatic heterocycles. The summed E-state index contributed by atoms with van der Waals surface area (Å²) in [5.74, 6) is 0.264. The Kier molecular flexibility index (Phi) is 7.77. The van der Waals surface area contributed by atoms with Crippen molar-refractivity contribution in [1.82, 2.24) is 15.0 Å². The van der Waals surface area contributed by atoms with Crippen LogP contribution in [-0.4, -0.2) is 40.3 Å². The highest BCUT2D eigenvalue weighted by Gasteiger charge is 2.11. The van der Waals surface area contributed by atoms with Crippen LogP contribution in [-0.2, 0) is 17.9 Å². The Bertz CT molecular complexity index is 1050. The Hall–Kier alpha value is -3.20. The fourth-order valence-corrected chi connectivity index (χ4v) is 3.45. The number of nitrogens with zero attached hydrogens (tertiary/aromatic N) is 4. The van der Waals surface area contributed by atoms with Gasteiger partial charge in [-0.15, -0.1) is 5.10 Å². The highest BCUT2D eigenvalue weighted by molar-refractivity contribution is 9.10. The molecule has 2 aromatic carbocycles. The van der Waals surface area contributed by atoms with Gasteiger partial charge in [-0.1, -0.05) is 17.3 Å². The van der Waals surface area contributed by atoms with E-state index in [4.69, 9.17) is 4.74 Å². The van der Waals surface area contributed by atoms with E-state index in [0.29, 0.717) is 22.7 Å². The lowest BCUT2D eigenvalue weighted by molar-refractivity contribution is -0.116. The van der Waals surface area contributed by atoms with E-state index in [1.807, 2.05) is 30.3 Å². The number of nitrogens with one attached hydrogen (secondary N) is 1. The van der Waals surface area contributed by atoms with Gasteiger partial charge in [0.2, 0.25) is 5.91 Å². The predicted molar refractivity (Wildman–Crippen MR) is 123 cm³/mol. The van der Waals surface area contributed by atoms with Gasteiger partial charge in [-0.3, -0.25) is 9.59 Å². The first-order valence-corrected chi connectivity index (χ1v) is 10.7. The van der Waals surface area contributed by atoms with Gasteiger partial charge in [0.25, 0.3) is 0 Å². The Labute approximate surface area is 189 Å². The van der Waals surface area contributed by atoms with Gasteiger partial charge in [-0.05, 0) is 54.0 Å². The first-order chi connectivity index (χ1) is 15.0. The van der Waals surface area contributed by atoms with Gasteiger partial charge in [0, 0.05) is 29.3 Å². The number of hydrogen-bond acceptors (Lipinski definition) is 6. The molecule has 0 aliphatic rings. The highest BCUT2D eigenvalue weighted by atomic mass is 79.9. The van der Waals surface area contributed by atoms with Crippen molar-refractivity contribution in [3.63, 3.8) is 0 Å². The SMILES string of the molecule is CCN(CC)c1ccc(C=O)c(OCc2cn(CC(=O)Nc3ccccc3Br)nn2)c1. The topological polar surface area (TPSA) is 89.4 Å². The van der Waals surface area contributed by atoms with Crippen molar-refractivity contribution in [2.75, 3.05) is 23.3 Å². The lowest BCUT2D eigenvalue weighted by Gasteiger charge is -2.22. The largest absolute Gasteiger partial charge is 0.486 e. The number of para-hydroxylation sites is 1. The minimum atomic E-state index is -0.223. The maximum Gasteiger partial charge on any atom is 0.246 e. The van der Waals surface area contributed by atoms with Crippen molar-refractivity contribution in [1.29, 1.82) is 0 Å². The predicted octanol–water partition coefficient (Wildman–Crippen LogP) is 3.92. The fraction of sp³-hybridized carbons (Fsp3) is 0.273. The van der Waals surface area contributed by atoms with Gasteiger partial charge in [-0.2, -0.15) is 0 Å². The molecule has 1 amide bonds. The number of amides is 1. The molecule has 162 valence electrons. The van der Waals surface area contributed by atoms with Crippen molar-refractivity contribution >= 4 is 39.5 Å². The third kappa shape index (κ3) is 5.91. The third-order valence-corrected chi connectivity index (χ3v) is 5.36. The summed E-state index contributed by atoms with van der Waals surface area (Å²) in [5, 5.41) is 10.9. The van der Waals surface area contributed by atoms with Crippen molar-refractivity contribution in [2.24, 2.45) is 0 Å². The van der Waals surface area contributed by atoms with Gasteiger partial charge in [0.1, 0.15) is 24.6 Å². The van der Waals surface area contributed by atoms with Crippen LogP contribution in [0.2, 0.25) is 0 Å². The van der Waals surface area contributed by atoms with E-state index in [-0.39, 0.29) is 19.1 Å².